The summed E-state index contributed by atoms with van der Waals surface area (Å²) in [4.78, 5) is 0. The Bertz CT molecular complexity index is 385. The zero-order chi connectivity index (χ0) is 17.3. The first-order valence-electron chi connectivity index (χ1n) is 7.04. The van der Waals surface area contributed by atoms with E-state index in [1.54, 1.807) is 0 Å². The maximum absolute atomic E-state index is 13.6. The number of aliphatic hydroxyl groups is 7. The van der Waals surface area contributed by atoms with Gasteiger partial charge in [-0.15, -0.1) is 0 Å². The Morgan fingerprint density at radius 3 is 1.87 bits per heavy atom. The molecule has 0 amide bonds. The summed E-state index contributed by atoms with van der Waals surface area (Å²) in [5.74, 6) is 0. The van der Waals surface area contributed by atoms with Crippen molar-refractivity contribution < 1.29 is 54.3 Å². The maximum Gasteiger partial charge on any atom is 0.228 e. The summed E-state index contributed by atoms with van der Waals surface area (Å²) in [5, 5.41) is 66.9. The molecule has 0 aromatic rings. The lowest BCUT2D eigenvalue weighted by molar-refractivity contribution is -0.349. The molecule has 136 valence electrons. The van der Waals surface area contributed by atoms with Crippen molar-refractivity contribution in [1.29, 1.82) is 0 Å². The average molecular weight is 344 g/mol. The predicted molar refractivity (Wildman–Crippen MR) is 67.5 cm³/mol. The third-order valence-corrected chi connectivity index (χ3v) is 3.95. The molecule has 0 unspecified atom stereocenters. The molecule has 2 aliphatic heterocycles. The summed E-state index contributed by atoms with van der Waals surface area (Å²) in [6.45, 7) is -1.45. The summed E-state index contributed by atoms with van der Waals surface area (Å²) >= 11 is 0. The Kier molecular flexibility index (Phi) is 6.24. The second-order valence-electron chi connectivity index (χ2n) is 5.49. The monoisotopic (exact) mass is 344 g/mol. The smallest absolute Gasteiger partial charge is 0.228 e. The van der Waals surface area contributed by atoms with Crippen LogP contribution >= 0.6 is 0 Å². The maximum atomic E-state index is 13.6. The molecule has 0 saturated carbocycles. The van der Waals surface area contributed by atoms with Crippen molar-refractivity contribution in [3.63, 3.8) is 0 Å². The Labute approximate surface area is 130 Å². The molecule has 10 atom stereocenters. The topological polar surface area (TPSA) is 169 Å². The van der Waals surface area contributed by atoms with Gasteiger partial charge in [-0.25, -0.2) is 4.39 Å². The van der Waals surface area contributed by atoms with Crippen LogP contribution in [-0.2, 0) is 14.2 Å². The van der Waals surface area contributed by atoms with Gasteiger partial charge in [0, 0.05) is 0 Å². The summed E-state index contributed by atoms with van der Waals surface area (Å²) < 4.78 is 28.3. The molecule has 0 aromatic heterocycles. The highest BCUT2D eigenvalue weighted by atomic mass is 19.1. The molecule has 10 nitrogen and oxygen atoms in total. The summed E-state index contributed by atoms with van der Waals surface area (Å²) in [7, 11) is 0. The van der Waals surface area contributed by atoms with Crippen molar-refractivity contribution in [2.75, 3.05) is 13.2 Å². The highest BCUT2D eigenvalue weighted by molar-refractivity contribution is 4.93. The van der Waals surface area contributed by atoms with Crippen LogP contribution < -0.4 is 0 Å². The third kappa shape index (κ3) is 3.64. The van der Waals surface area contributed by atoms with E-state index in [0.717, 1.165) is 0 Å². The van der Waals surface area contributed by atoms with Gasteiger partial charge in [-0.3, -0.25) is 0 Å². The molecule has 0 aromatic carbocycles. The van der Waals surface area contributed by atoms with Gasteiger partial charge in [-0.1, -0.05) is 0 Å². The lowest BCUT2D eigenvalue weighted by atomic mass is 9.97. The summed E-state index contributed by atoms with van der Waals surface area (Å²) in [5.41, 5.74) is 0. The van der Waals surface area contributed by atoms with E-state index in [9.17, 15) is 29.9 Å². The van der Waals surface area contributed by atoms with Gasteiger partial charge in [0.15, 0.2) is 6.29 Å². The van der Waals surface area contributed by atoms with Gasteiger partial charge in [0.2, 0.25) is 6.36 Å². The minimum absolute atomic E-state index is 0.700. The van der Waals surface area contributed by atoms with E-state index in [1.165, 1.54) is 0 Å². The van der Waals surface area contributed by atoms with Crippen LogP contribution in [-0.4, -0.2) is 110 Å². The van der Waals surface area contributed by atoms with Crippen molar-refractivity contribution in [2.45, 2.75) is 61.5 Å². The first-order chi connectivity index (χ1) is 10.8. The molecule has 0 spiro atoms. The Balaban J connectivity index is 2.11. The quantitative estimate of drug-likeness (QED) is 0.264. The summed E-state index contributed by atoms with van der Waals surface area (Å²) in [6.07, 6.45) is -16.9. The van der Waals surface area contributed by atoms with Gasteiger partial charge in [-0.05, 0) is 0 Å². The first-order valence-corrected chi connectivity index (χ1v) is 7.04. The third-order valence-electron chi connectivity index (χ3n) is 3.95. The van der Waals surface area contributed by atoms with Crippen LogP contribution in [0.15, 0.2) is 0 Å². The van der Waals surface area contributed by atoms with E-state index in [2.05, 4.69) is 4.74 Å². The van der Waals surface area contributed by atoms with Crippen molar-refractivity contribution in [1.82, 2.24) is 0 Å². The number of hydrogen-bond acceptors (Lipinski definition) is 10. The first kappa shape index (κ1) is 18.9. The van der Waals surface area contributed by atoms with Crippen LogP contribution in [0, 0.1) is 0 Å². The lowest BCUT2D eigenvalue weighted by Gasteiger charge is -2.44. The molecule has 0 aliphatic carbocycles. The molecule has 23 heavy (non-hydrogen) atoms. The fourth-order valence-corrected chi connectivity index (χ4v) is 2.54. The van der Waals surface area contributed by atoms with Gasteiger partial charge < -0.3 is 50.0 Å². The Morgan fingerprint density at radius 1 is 0.739 bits per heavy atom. The molecule has 2 rings (SSSR count). The molecule has 2 saturated heterocycles. The molecule has 2 heterocycles. The predicted octanol–water partition coefficient (Wildman–Crippen LogP) is -4.42. The minimum atomic E-state index is -2.26. The second-order valence-corrected chi connectivity index (χ2v) is 5.49. The molecule has 0 bridgehead atoms. The van der Waals surface area contributed by atoms with Crippen molar-refractivity contribution in [3.05, 3.63) is 0 Å². The highest BCUT2D eigenvalue weighted by Gasteiger charge is 2.50. The van der Waals surface area contributed by atoms with Gasteiger partial charge in [0.1, 0.15) is 48.8 Å². The average Bonchev–Trinajstić information content (AvgIpc) is 2.54. The van der Waals surface area contributed by atoms with Crippen molar-refractivity contribution >= 4 is 0 Å². The summed E-state index contributed by atoms with van der Waals surface area (Å²) in [6, 6.07) is 0. The molecule has 2 fully saturated rings. The Morgan fingerprint density at radius 2 is 1.30 bits per heavy atom. The standard InChI is InChI=1S/C12H21FO10/c13-11-9(20)10(6(17)4(2-15)21-11)23-12-8(19)7(18)5(16)3(1-14)22-12/h3-12,14-20H,1-2H2/t3-,4-,5-,6-,7+,8-,9+,10+,11+,12-/m1/s1. The molecule has 0 radical (unpaired) electrons. The normalized spacial score (nSPS) is 51.7. The molecular weight excluding hydrogens is 323 g/mol. The number of aliphatic hydroxyl groups excluding tert-OH is 7. The molecular formula is C12H21FO10. The van der Waals surface area contributed by atoms with Crippen LogP contribution in [0.2, 0.25) is 0 Å². The van der Waals surface area contributed by atoms with Crippen LogP contribution in [0.4, 0.5) is 4.39 Å². The van der Waals surface area contributed by atoms with E-state index >= 15 is 0 Å². The zero-order valence-corrected chi connectivity index (χ0v) is 11.9. The fraction of sp³-hybridized carbons (Fsp3) is 1.00. The van der Waals surface area contributed by atoms with Crippen LogP contribution in [0.25, 0.3) is 0 Å². The van der Waals surface area contributed by atoms with E-state index in [4.69, 9.17) is 19.7 Å². The molecule has 2 aliphatic rings. The van der Waals surface area contributed by atoms with Crippen LogP contribution in [0.3, 0.4) is 0 Å². The fourth-order valence-electron chi connectivity index (χ4n) is 2.54. The zero-order valence-electron chi connectivity index (χ0n) is 11.9. The molecule has 7 N–H and O–H groups in total. The number of alkyl halides is 1. The number of halogens is 1. The van der Waals surface area contributed by atoms with E-state index in [0.29, 0.717) is 0 Å². The largest absolute Gasteiger partial charge is 0.394 e. The Hall–Kier alpha value is -0.470. The van der Waals surface area contributed by atoms with E-state index in [-0.39, 0.29) is 0 Å². The van der Waals surface area contributed by atoms with Crippen molar-refractivity contribution in [2.24, 2.45) is 0 Å². The van der Waals surface area contributed by atoms with Gasteiger partial charge in [-0.2, -0.15) is 0 Å². The number of rotatable bonds is 4. The second kappa shape index (κ2) is 7.61. The molecule has 11 heteroatoms. The van der Waals surface area contributed by atoms with Gasteiger partial charge >= 0.3 is 0 Å². The SMILES string of the molecule is OC[C@H]1O[C@H](O[C@@H]2[C@H](O)[C@@H](F)O[C@H](CO)[C@H]2O)[C@H](O)[C@@H](O)[C@@H]1O. The van der Waals surface area contributed by atoms with Crippen LogP contribution in [0.5, 0.6) is 0 Å². The minimum Gasteiger partial charge on any atom is -0.394 e. The highest BCUT2D eigenvalue weighted by Crippen LogP contribution is 2.29. The van der Waals surface area contributed by atoms with Crippen molar-refractivity contribution in [3.8, 4) is 0 Å². The lowest BCUT2D eigenvalue weighted by Crippen LogP contribution is -2.64. The van der Waals surface area contributed by atoms with E-state index < -0.39 is 74.7 Å². The number of hydrogen-bond donors (Lipinski definition) is 7. The van der Waals surface area contributed by atoms with E-state index in [1.807, 2.05) is 0 Å². The van der Waals surface area contributed by atoms with Crippen LogP contribution in [0.1, 0.15) is 0 Å². The van der Waals surface area contributed by atoms with Gasteiger partial charge in [0.25, 0.3) is 0 Å². The van der Waals surface area contributed by atoms with Gasteiger partial charge in [0.05, 0.1) is 13.2 Å². The number of ether oxygens (including phenoxy) is 3.